The quantitative estimate of drug-likeness (QED) is 0.435. The fourth-order valence-corrected chi connectivity index (χ4v) is 1.21. The first-order valence-electron chi connectivity index (χ1n) is 4.62. The Hall–Kier alpha value is -0.953. The molecule has 0 aliphatic heterocycles. The highest BCUT2D eigenvalue weighted by atomic mass is 28.3. The van der Waals surface area contributed by atoms with Crippen LogP contribution in [0.15, 0.2) is 24.3 Å². The van der Waals surface area contributed by atoms with E-state index >= 15 is 0 Å². The van der Waals surface area contributed by atoms with E-state index in [0.29, 0.717) is 12.0 Å². The molecular formula is C10H20O5Si. The Kier molecular flexibility index (Phi) is 13.2. The smallest absolute Gasteiger partial charge is 0.478 e. The van der Waals surface area contributed by atoms with E-state index in [1.807, 2.05) is 0 Å². The third-order valence-corrected chi connectivity index (χ3v) is 2.66. The summed E-state index contributed by atoms with van der Waals surface area (Å²) >= 11 is 0. The molecule has 5 nitrogen and oxygen atoms in total. The zero-order chi connectivity index (χ0) is 13.0. The molecule has 1 N–H and O–H groups in total. The summed E-state index contributed by atoms with van der Waals surface area (Å²) in [4.78, 5) is 10.1. The average Bonchev–Trinajstić information content (AvgIpc) is 2.29. The van der Waals surface area contributed by atoms with Crippen molar-refractivity contribution in [3.05, 3.63) is 24.3 Å². The molecule has 0 aromatic rings. The van der Waals surface area contributed by atoms with Crippen molar-refractivity contribution in [2.24, 2.45) is 0 Å². The van der Waals surface area contributed by atoms with E-state index in [9.17, 15) is 4.79 Å². The topological polar surface area (TPSA) is 65.0 Å². The second kappa shape index (κ2) is 12.1. The maximum atomic E-state index is 10.1. The number of rotatable bonds is 6. The summed E-state index contributed by atoms with van der Waals surface area (Å²) in [5, 5.41) is 8.31. The Morgan fingerprint density at radius 3 is 1.94 bits per heavy atom. The fourth-order valence-electron chi connectivity index (χ4n) is 0.636. The predicted molar refractivity (Wildman–Crippen MR) is 64.4 cm³/mol. The van der Waals surface area contributed by atoms with Gasteiger partial charge in [0.05, 0.1) is 0 Å². The van der Waals surface area contributed by atoms with Crippen LogP contribution in [0.25, 0.3) is 0 Å². The van der Waals surface area contributed by atoms with E-state index in [1.165, 1.54) is 0 Å². The van der Waals surface area contributed by atoms with E-state index in [4.69, 9.17) is 18.4 Å². The lowest BCUT2D eigenvalue weighted by molar-refractivity contribution is -0.132. The predicted octanol–water partition coefficient (Wildman–Crippen LogP) is 1.24. The Bertz CT molecular complexity index is 218. The van der Waals surface area contributed by atoms with Crippen molar-refractivity contribution in [3.8, 4) is 0 Å². The van der Waals surface area contributed by atoms with Gasteiger partial charge in [-0.25, -0.2) is 4.79 Å². The molecule has 94 valence electrons. The second-order valence-corrected chi connectivity index (χ2v) is 4.70. The van der Waals surface area contributed by atoms with Gasteiger partial charge in [0.15, 0.2) is 0 Å². The van der Waals surface area contributed by atoms with E-state index in [1.54, 1.807) is 40.4 Å². The van der Waals surface area contributed by atoms with Crippen molar-refractivity contribution in [1.29, 1.82) is 0 Å². The molecule has 0 amide bonds. The number of carboxylic acids is 1. The van der Waals surface area contributed by atoms with Crippen LogP contribution in [-0.2, 0) is 18.1 Å². The minimum absolute atomic E-state index is 0.370. The number of carbonyl (C=O) groups is 1. The number of hydrogen-bond donors (Lipinski definition) is 1. The molecule has 0 atom stereocenters. The molecule has 0 heterocycles. The maximum Gasteiger partial charge on any atom is 0.483 e. The highest BCUT2D eigenvalue weighted by Crippen LogP contribution is 1.94. The second-order valence-electron chi connectivity index (χ2n) is 2.71. The SMILES string of the molecule is C=CCC=C(C)C(=O)O.CO[SiH](OC)OC. The van der Waals surface area contributed by atoms with Crippen molar-refractivity contribution in [2.45, 2.75) is 13.3 Å². The first kappa shape index (κ1) is 17.4. The number of allylic oxidation sites excluding steroid dienone is 2. The molecule has 6 heteroatoms. The number of hydrogen-bond acceptors (Lipinski definition) is 4. The molecular weight excluding hydrogens is 228 g/mol. The van der Waals surface area contributed by atoms with Gasteiger partial charge >= 0.3 is 15.5 Å². The average molecular weight is 248 g/mol. The molecule has 0 aliphatic rings. The molecule has 0 spiro atoms. The molecule has 16 heavy (non-hydrogen) atoms. The van der Waals surface area contributed by atoms with Gasteiger partial charge in [-0.1, -0.05) is 12.2 Å². The van der Waals surface area contributed by atoms with Crippen molar-refractivity contribution in [2.75, 3.05) is 21.3 Å². The Morgan fingerprint density at radius 1 is 1.31 bits per heavy atom. The molecule has 0 aromatic heterocycles. The minimum Gasteiger partial charge on any atom is -0.478 e. The summed E-state index contributed by atoms with van der Waals surface area (Å²) < 4.78 is 14.2. The van der Waals surface area contributed by atoms with Gasteiger partial charge in [-0.05, 0) is 13.3 Å². The summed E-state index contributed by atoms with van der Waals surface area (Å²) in [5.41, 5.74) is 0.370. The number of aliphatic carboxylic acids is 1. The Morgan fingerprint density at radius 2 is 1.75 bits per heavy atom. The van der Waals surface area contributed by atoms with Crippen molar-refractivity contribution in [3.63, 3.8) is 0 Å². The largest absolute Gasteiger partial charge is 0.483 e. The number of carboxylic acid groups (broad SMARTS) is 1. The normalized spacial score (nSPS) is 10.7. The van der Waals surface area contributed by atoms with E-state index in [0.717, 1.165) is 0 Å². The van der Waals surface area contributed by atoms with Gasteiger partial charge in [-0.2, -0.15) is 0 Å². The van der Waals surface area contributed by atoms with Crippen LogP contribution in [0.4, 0.5) is 0 Å². The van der Waals surface area contributed by atoms with Gasteiger partial charge in [-0.3, -0.25) is 0 Å². The fraction of sp³-hybridized carbons (Fsp3) is 0.500. The molecule has 0 radical (unpaired) electrons. The van der Waals surface area contributed by atoms with Gasteiger partial charge < -0.3 is 18.4 Å². The van der Waals surface area contributed by atoms with Crippen LogP contribution in [0.2, 0.25) is 0 Å². The van der Waals surface area contributed by atoms with Crippen molar-refractivity contribution in [1.82, 2.24) is 0 Å². The van der Waals surface area contributed by atoms with Gasteiger partial charge in [-0.15, -0.1) is 6.58 Å². The van der Waals surface area contributed by atoms with Crippen molar-refractivity contribution < 1.29 is 23.2 Å². The monoisotopic (exact) mass is 248 g/mol. The first-order valence-corrected chi connectivity index (χ1v) is 6.04. The van der Waals surface area contributed by atoms with Crippen LogP contribution in [0, 0.1) is 0 Å². The van der Waals surface area contributed by atoms with Crippen LogP contribution in [0.1, 0.15) is 13.3 Å². The van der Waals surface area contributed by atoms with Crippen molar-refractivity contribution >= 4 is 15.5 Å². The molecule has 0 unspecified atom stereocenters. The third-order valence-electron chi connectivity index (χ3n) is 1.51. The van der Waals surface area contributed by atoms with Crippen LogP contribution >= 0.6 is 0 Å². The van der Waals surface area contributed by atoms with Crippen LogP contribution in [0.3, 0.4) is 0 Å². The standard InChI is InChI=1S/C7H10O2.C3H10O3Si/c1-3-4-5-6(2)7(8)9;1-4-7(5-2)6-3/h3,5H,1,4H2,2H3,(H,8,9);7H,1-3H3. The molecule has 0 bridgehead atoms. The Balaban J connectivity index is 0. The van der Waals surface area contributed by atoms with Crippen LogP contribution in [0.5, 0.6) is 0 Å². The lowest BCUT2D eigenvalue weighted by Gasteiger charge is -2.05. The highest BCUT2D eigenvalue weighted by Gasteiger charge is 2.04. The van der Waals surface area contributed by atoms with Gasteiger partial charge in [0.1, 0.15) is 0 Å². The zero-order valence-electron chi connectivity index (χ0n) is 10.2. The lowest BCUT2D eigenvalue weighted by atomic mass is 10.2. The summed E-state index contributed by atoms with van der Waals surface area (Å²) in [7, 11) is 3.05. The molecule has 0 aliphatic carbocycles. The van der Waals surface area contributed by atoms with Gasteiger partial charge in [0.25, 0.3) is 0 Å². The van der Waals surface area contributed by atoms with E-state index < -0.39 is 15.5 Å². The summed E-state index contributed by atoms with van der Waals surface area (Å²) in [6.45, 7) is 5.02. The Labute approximate surface area is 98.3 Å². The third kappa shape index (κ3) is 11.1. The molecule has 0 rings (SSSR count). The summed E-state index contributed by atoms with van der Waals surface area (Å²) in [6.07, 6.45) is 3.90. The molecule has 0 fully saturated rings. The molecule has 0 saturated carbocycles. The minimum atomic E-state index is -1.67. The van der Waals surface area contributed by atoms with Gasteiger partial charge in [0, 0.05) is 26.9 Å². The van der Waals surface area contributed by atoms with E-state index in [-0.39, 0.29) is 0 Å². The summed E-state index contributed by atoms with van der Waals surface area (Å²) in [5.74, 6) is -0.864. The molecule has 0 aromatic carbocycles. The van der Waals surface area contributed by atoms with Gasteiger partial charge in [0.2, 0.25) is 0 Å². The zero-order valence-corrected chi connectivity index (χ0v) is 11.4. The van der Waals surface area contributed by atoms with Crippen LogP contribution in [-0.4, -0.2) is 41.9 Å². The molecule has 0 saturated heterocycles. The van der Waals surface area contributed by atoms with Crippen LogP contribution < -0.4 is 0 Å². The maximum absolute atomic E-state index is 10.1. The van der Waals surface area contributed by atoms with E-state index in [2.05, 4.69) is 6.58 Å². The lowest BCUT2D eigenvalue weighted by Crippen LogP contribution is -2.21. The first-order chi connectivity index (χ1) is 7.53. The summed E-state index contributed by atoms with van der Waals surface area (Å²) in [6, 6.07) is 0. The highest BCUT2D eigenvalue weighted by molar-refractivity contribution is 6.36.